The summed E-state index contributed by atoms with van der Waals surface area (Å²) in [6.45, 7) is 10.4. The Hall–Kier alpha value is 0.310. The van der Waals surface area contributed by atoms with E-state index in [9.17, 15) is 0 Å². The second-order valence-electron chi connectivity index (χ2n) is 5.75. The molecule has 90 valence electrons. The van der Waals surface area contributed by atoms with Gasteiger partial charge >= 0.3 is 0 Å². The van der Waals surface area contributed by atoms with E-state index in [0.717, 1.165) is 12.0 Å². The molecule has 0 aromatic heterocycles. The highest BCUT2D eigenvalue weighted by Gasteiger charge is 2.20. The van der Waals surface area contributed by atoms with Gasteiger partial charge in [0.2, 0.25) is 0 Å². The van der Waals surface area contributed by atoms with Gasteiger partial charge in [-0.05, 0) is 25.7 Å². The van der Waals surface area contributed by atoms with E-state index >= 15 is 0 Å². The summed E-state index contributed by atoms with van der Waals surface area (Å²) < 4.78 is 0.415. The molecule has 1 rings (SSSR count). The first-order chi connectivity index (χ1) is 6.99. The van der Waals surface area contributed by atoms with Crippen LogP contribution in [0.2, 0.25) is 0 Å². The summed E-state index contributed by atoms with van der Waals surface area (Å²) >= 11 is 2.06. The lowest BCUT2D eigenvalue weighted by molar-refractivity contribution is 0.390. The van der Waals surface area contributed by atoms with Crippen LogP contribution in [0.5, 0.6) is 0 Å². The van der Waals surface area contributed by atoms with E-state index in [2.05, 4.69) is 44.8 Å². The van der Waals surface area contributed by atoms with Crippen LogP contribution in [0.1, 0.15) is 53.4 Å². The van der Waals surface area contributed by atoms with Crippen molar-refractivity contribution in [1.29, 1.82) is 0 Å². The molecule has 1 nitrogen and oxygen atoms in total. The molecule has 0 aromatic carbocycles. The maximum absolute atomic E-state index is 3.68. The van der Waals surface area contributed by atoms with Gasteiger partial charge in [-0.25, -0.2) is 0 Å². The number of thioether (sulfide) groups is 1. The Bertz CT molecular complexity index is 168. The van der Waals surface area contributed by atoms with Crippen LogP contribution in [0.15, 0.2) is 0 Å². The summed E-state index contributed by atoms with van der Waals surface area (Å²) in [5.74, 6) is 2.19. The summed E-state index contributed by atoms with van der Waals surface area (Å²) in [5, 5.41) is 3.68. The molecule has 1 unspecified atom stereocenters. The van der Waals surface area contributed by atoms with Gasteiger partial charge in [0.1, 0.15) is 0 Å². The van der Waals surface area contributed by atoms with Crippen molar-refractivity contribution < 1.29 is 0 Å². The molecule has 1 fully saturated rings. The summed E-state index contributed by atoms with van der Waals surface area (Å²) in [7, 11) is 0. The largest absolute Gasteiger partial charge is 0.313 e. The Labute approximate surface area is 99.8 Å². The van der Waals surface area contributed by atoms with Crippen LogP contribution in [-0.4, -0.2) is 23.1 Å². The SMILES string of the molecule is CC(NCCSC(C)(C)C)C1CCCC1. The smallest absolute Gasteiger partial charge is 0.00755 e. The van der Waals surface area contributed by atoms with Gasteiger partial charge in [-0.2, -0.15) is 11.8 Å². The highest BCUT2D eigenvalue weighted by atomic mass is 32.2. The molecule has 1 aliphatic rings. The first kappa shape index (κ1) is 13.4. The molecule has 0 bridgehead atoms. The van der Waals surface area contributed by atoms with Crippen LogP contribution in [0, 0.1) is 5.92 Å². The monoisotopic (exact) mass is 229 g/mol. The average molecular weight is 229 g/mol. The molecule has 0 aliphatic heterocycles. The number of nitrogens with one attached hydrogen (secondary N) is 1. The van der Waals surface area contributed by atoms with E-state index in [4.69, 9.17) is 0 Å². The van der Waals surface area contributed by atoms with E-state index in [1.807, 2.05) is 0 Å². The standard InChI is InChI=1S/C13H27NS/c1-11(12-7-5-6-8-12)14-9-10-15-13(2,3)4/h11-12,14H,5-10H2,1-4H3. The molecule has 1 N–H and O–H groups in total. The summed E-state index contributed by atoms with van der Waals surface area (Å²) in [5.41, 5.74) is 0. The summed E-state index contributed by atoms with van der Waals surface area (Å²) in [6.07, 6.45) is 5.79. The summed E-state index contributed by atoms with van der Waals surface area (Å²) in [4.78, 5) is 0. The van der Waals surface area contributed by atoms with Crippen molar-refractivity contribution in [3.05, 3.63) is 0 Å². The predicted octanol–water partition coefficient (Wildman–Crippen LogP) is 3.69. The fraction of sp³-hybridized carbons (Fsp3) is 1.00. The maximum atomic E-state index is 3.68. The molecule has 1 saturated carbocycles. The van der Waals surface area contributed by atoms with E-state index in [0.29, 0.717) is 4.75 Å². The molecule has 2 heteroatoms. The third kappa shape index (κ3) is 5.82. The minimum atomic E-state index is 0.415. The van der Waals surface area contributed by atoms with Gasteiger partial charge in [0.05, 0.1) is 0 Å². The highest BCUT2D eigenvalue weighted by molar-refractivity contribution is 8.00. The lowest BCUT2D eigenvalue weighted by Gasteiger charge is -2.22. The first-order valence-electron chi connectivity index (χ1n) is 6.36. The van der Waals surface area contributed by atoms with E-state index in [1.165, 1.54) is 38.0 Å². The molecule has 0 heterocycles. The normalized spacial score (nSPS) is 20.8. The Balaban J connectivity index is 2.04. The van der Waals surface area contributed by atoms with Crippen molar-refractivity contribution in [3.8, 4) is 0 Å². The molecule has 0 radical (unpaired) electrons. The van der Waals surface area contributed by atoms with Crippen LogP contribution < -0.4 is 5.32 Å². The fourth-order valence-corrected chi connectivity index (χ4v) is 3.10. The molecule has 1 atom stereocenters. The van der Waals surface area contributed by atoms with Crippen LogP contribution in [0.4, 0.5) is 0 Å². The van der Waals surface area contributed by atoms with Gasteiger partial charge in [-0.15, -0.1) is 0 Å². The van der Waals surface area contributed by atoms with Gasteiger partial charge in [-0.1, -0.05) is 33.6 Å². The minimum Gasteiger partial charge on any atom is -0.313 e. The van der Waals surface area contributed by atoms with E-state index in [1.54, 1.807) is 0 Å². The minimum absolute atomic E-state index is 0.415. The van der Waals surface area contributed by atoms with Crippen molar-refractivity contribution in [2.24, 2.45) is 5.92 Å². The number of rotatable bonds is 5. The molecular weight excluding hydrogens is 202 g/mol. The first-order valence-corrected chi connectivity index (χ1v) is 7.35. The van der Waals surface area contributed by atoms with Crippen LogP contribution >= 0.6 is 11.8 Å². The maximum Gasteiger partial charge on any atom is 0.00755 e. The number of hydrogen-bond acceptors (Lipinski definition) is 2. The second kappa shape index (κ2) is 6.15. The van der Waals surface area contributed by atoms with Crippen molar-refractivity contribution in [1.82, 2.24) is 5.32 Å². The molecule has 0 aromatic rings. The van der Waals surface area contributed by atoms with E-state index in [-0.39, 0.29) is 0 Å². The number of hydrogen-bond donors (Lipinski definition) is 1. The van der Waals surface area contributed by atoms with E-state index < -0.39 is 0 Å². The lowest BCUT2D eigenvalue weighted by atomic mass is 10.00. The van der Waals surface area contributed by atoms with Crippen LogP contribution in [0.3, 0.4) is 0 Å². The zero-order valence-electron chi connectivity index (χ0n) is 10.8. The van der Waals surface area contributed by atoms with Gasteiger partial charge in [-0.3, -0.25) is 0 Å². The zero-order chi connectivity index (χ0) is 11.3. The highest BCUT2D eigenvalue weighted by Crippen LogP contribution is 2.27. The van der Waals surface area contributed by atoms with Gasteiger partial charge in [0.15, 0.2) is 0 Å². The van der Waals surface area contributed by atoms with Crippen molar-refractivity contribution in [2.75, 3.05) is 12.3 Å². The zero-order valence-corrected chi connectivity index (χ0v) is 11.6. The van der Waals surface area contributed by atoms with Crippen LogP contribution in [-0.2, 0) is 0 Å². The van der Waals surface area contributed by atoms with Gasteiger partial charge < -0.3 is 5.32 Å². The molecule has 15 heavy (non-hydrogen) atoms. The Kier molecular flexibility index (Phi) is 5.48. The quantitative estimate of drug-likeness (QED) is 0.722. The van der Waals surface area contributed by atoms with Gasteiger partial charge in [0, 0.05) is 23.1 Å². The Morgan fingerprint density at radius 1 is 1.27 bits per heavy atom. The third-order valence-corrected chi connectivity index (χ3v) is 4.48. The third-order valence-electron chi connectivity index (χ3n) is 3.21. The Morgan fingerprint density at radius 3 is 2.40 bits per heavy atom. The molecule has 0 spiro atoms. The summed E-state index contributed by atoms with van der Waals surface area (Å²) in [6, 6.07) is 0.730. The predicted molar refractivity (Wildman–Crippen MR) is 71.6 cm³/mol. The molecule has 0 amide bonds. The van der Waals surface area contributed by atoms with Crippen molar-refractivity contribution >= 4 is 11.8 Å². The van der Waals surface area contributed by atoms with Crippen molar-refractivity contribution in [3.63, 3.8) is 0 Å². The topological polar surface area (TPSA) is 12.0 Å². The Morgan fingerprint density at radius 2 is 1.87 bits per heavy atom. The van der Waals surface area contributed by atoms with Crippen molar-refractivity contribution in [2.45, 2.75) is 64.2 Å². The van der Waals surface area contributed by atoms with Gasteiger partial charge in [0.25, 0.3) is 0 Å². The van der Waals surface area contributed by atoms with Crippen LogP contribution in [0.25, 0.3) is 0 Å². The average Bonchev–Trinajstić information content (AvgIpc) is 2.63. The molecule has 1 aliphatic carbocycles. The molecule has 0 saturated heterocycles. The second-order valence-corrected chi connectivity index (χ2v) is 7.67. The molecular formula is C13H27NS. The fourth-order valence-electron chi connectivity index (χ4n) is 2.27. The lowest BCUT2D eigenvalue weighted by Crippen LogP contribution is -2.34.